The predicted octanol–water partition coefficient (Wildman–Crippen LogP) is 12.9. The number of rotatable bonds is 42. The fourth-order valence-electron chi connectivity index (χ4n) is 6.92. The van der Waals surface area contributed by atoms with E-state index in [0.717, 1.165) is 34.4 Å². The minimum atomic E-state index is -0.789. The fourth-order valence-corrected chi connectivity index (χ4v) is 11.5. The number of pyridine rings is 2. The first-order chi connectivity index (χ1) is 34.7. The fraction of sp³-hybridized carbons (Fsp3) is 0.782. The van der Waals surface area contributed by atoms with Crippen LogP contribution >= 0.6 is 62.0 Å². The van der Waals surface area contributed by atoms with Crippen LogP contribution in [0.15, 0.2) is 58.8 Å². The van der Waals surface area contributed by atoms with Gasteiger partial charge in [0.1, 0.15) is 10.1 Å². The van der Waals surface area contributed by atoms with Crippen molar-refractivity contribution in [1.29, 1.82) is 0 Å². The van der Waals surface area contributed by atoms with E-state index in [1.807, 2.05) is 76.5 Å². The number of hydrogen-bond acceptors (Lipinski definition) is 16. The Hall–Kier alpha value is -0.820. The van der Waals surface area contributed by atoms with E-state index in [2.05, 4.69) is 122 Å². The van der Waals surface area contributed by atoms with Gasteiger partial charge in [-0.2, -0.15) is 0 Å². The molecule has 2 atom stereocenters. The molecule has 14 nitrogen and oxygen atoms in total. The summed E-state index contributed by atoms with van der Waals surface area (Å²) in [7, 11) is 11.5. The van der Waals surface area contributed by atoms with E-state index in [4.69, 9.17) is 37.9 Å². The zero-order chi connectivity index (χ0) is 56.5. The zero-order valence-corrected chi connectivity index (χ0v) is 54.2. The molecule has 0 aliphatic carbocycles. The highest BCUT2D eigenvalue weighted by Gasteiger charge is 2.41. The van der Waals surface area contributed by atoms with Gasteiger partial charge in [-0.1, -0.05) is 33.7 Å². The molecule has 2 N–H and O–H groups in total. The lowest BCUT2D eigenvalue weighted by Gasteiger charge is -2.42. The molecule has 0 aliphatic rings. The molecule has 2 rings (SSSR count). The molecule has 0 aliphatic heterocycles. The number of nitrogens with zero attached hydrogens (tertiary/aromatic N) is 2. The molecule has 0 spiro atoms. The largest absolute Gasteiger partial charge is 0.375 e. The van der Waals surface area contributed by atoms with Crippen molar-refractivity contribution in [2.75, 3.05) is 64.4 Å². The van der Waals surface area contributed by atoms with Crippen molar-refractivity contribution < 1.29 is 47.5 Å². The van der Waals surface area contributed by atoms with Gasteiger partial charge in [0.05, 0.1) is 116 Å². The summed E-state index contributed by atoms with van der Waals surface area (Å²) in [5.41, 5.74) is -5.18. The standard InChI is InChI=1S/C55H98N4O10P2S4/c1-47(2,23-31-62-51(9,10)27-35-72-74-45-21-17-19-29-56-45)66-39-55(41-68-49(5,6)25-33-64-53(13,14)37-43(60)58-70,42-69-50(7,8)26-34-65-54(15,16)38-44(61)59-71)40-67-48(3,4)24-32-63-52(11,12)28-36-73-75-46-22-18-20-30-57-46/h17-22,29-30H,23-28,31-42,70-71H2,1-16H3,(H,58,60)(H,59,61). The van der Waals surface area contributed by atoms with Crippen LogP contribution in [0.2, 0.25) is 0 Å². The molecule has 0 bridgehead atoms. The van der Waals surface area contributed by atoms with Gasteiger partial charge in [0.15, 0.2) is 0 Å². The third-order valence-electron chi connectivity index (χ3n) is 12.5. The highest BCUT2D eigenvalue weighted by atomic mass is 33.1. The Bertz CT molecular complexity index is 1780. The third kappa shape index (κ3) is 33.5. The summed E-state index contributed by atoms with van der Waals surface area (Å²) >= 11 is 0. The summed E-state index contributed by atoms with van der Waals surface area (Å²) < 4.78 is 53.5. The summed E-state index contributed by atoms with van der Waals surface area (Å²) in [6, 6.07) is 11.9. The van der Waals surface area contributed by atoms with Crippen LogP contribution in [-0.4, -0.2) is 131 Å². The van der Waals surface area contributed by atoms with Crippen LogP contribution in [0.5, 0.6) is 0 Å². The van der Waals surface area contributed by atoms with Gasteiger partial charge >= 0.3 is 0 Å². The molecule has 0 saturated carbocycles. The van der Waals surface area contributed by atoms with Crippen LogP contribution in [0, 0.1) is 5.41 Å². The molecule has 432 valence electrons. The zero-order valence-electron chi connectivity index (χ0n) is 48.6. The molecule has 2 aromatic heterocycles. The van der Waals surface area contributed by atoms with Crippen molar-refractivity contribution in [2.24, 2.45) is 5.41 Å². The maximum atomic E-state index is 12.2. The Labute approximate surface area is 474 Å². The Balaban J connectivity index is 2.34. The molecule has 75 heavy (non-hydrogen) atoms. The van der Waals surface area contributed by atoms with Crippen molar-refractivity contribution in [2.45, 2.75) is 217 Å². The predicted molar refractivity (Wildman–Crippen MR) is 320 cm³/mol. The molecular formula is C55H98N4O10P2S4. The Morgan fingerprint density at radius 2 is 0.707 bits per heavy atom. The van der Waals surface area contributed by atoms with Crippen LogP contribution < -0.4 is 10.2 Å². The third-order valence-corrected chi connectivity index (χ3v) is 17.7. The van der Waals surface area contributed by atoms with Crippen LogP contribution in [-0.2, 0) is 47.5 Å². The number of hydrogen-bond donors (Lipinski definition) is 2. The van der Waals surface area contributed by atoms with Gasteiger partial charge in [0, 0.05) is 23.9 Å². The van der Waals surface area contributed by atoms with Crippen molar-refractivity contribution in [3.8, 4) is 0 Å². The Kier molecular flexibility index (Phi) is 31.1. The first-order valence-corrected chi connectivity index (χ1v) is 32.0. The van der Waals surface area contributed by atoms with Gasteiger partial charge in [-0.3, -0.25) is 9.59 Å². The lowest BCUT2D eigenvalue weighted by Crippen LogP contribution is -2.49. The van der Waals surface area contributed by atoms with Gasteiger partial charge < -0.3 is 48.1 Å². The monoisotopic (exact) mass is 1160 g/mol. The summed E-state index contributed by atoms with van der Waals surface area (Å²) in [5, 5.41) is 7.23. The van der Waals surface area contributed by atoms with E-state index in [1.54, 1.807) is 43.2 Å². The SMILES string of the molecule is CC(C)(CCSSc1ccccn1)OCCC(C)(C)OCC(COC(C)(C)CCOC(C)(C)CCSSc1ccccn1)(COC(C)(C)CCOC(C)(C)CC(=O)NP)COC(C)(C)CCOC(C)(C)CC(=O)NP. The van der Waals surface area contributed by atoms with Crippen LogP contribution in [0.4, 0.5) is 0 Å². The van der Waals surface area contributed by atoms with E-state index < -0.39 is 39.0 Å². The van der Waals surface area contributed by atoms with E-state index in [0.29, 0.717) is 52.1 Å². The topological polar surface area (TPSA) is 158 Å². The van der Waals surface area contributed by atoms with Gasteiger partial charge in [-0.15, -0.1) is 0 Å². The highest BCUT2D eigenvalue weighted by molar-refractivity contribution is 8.77. The first kappa shape index (κ1) is 70.3. The molecule has 2 unspecified atom stereocenters. The minimum absolute atomic E-state index is 0.112. The maximum absolute atomic E-state index is 12.2. The maximum Gasteiger partial charge on any atom is 0.225 e. The Morgan fingerprint density at radius 1 is 0.427 bits per heavy atom. The summed E-state index contributed by atoms with van der Waals surface area (Å²) in [4.78, 5) is 33.3. The molecule has 2 heterocycles. The normalized spacial score (nSPS) is 13.6. The summed E-state index contributed by atoms with van der Waals surface area (Å²) in [6.45, 7) is 35.8. The van der Waals surface area contributed by atoms with Gasteiger partial charge in [0.25, 0.3) is 0 Å². The van der Waals surface area contributed by atoms with Crippen LogP contribution in [0.1, 0.15) is 162 Å². The lowest BCUT2D eigenvalue weighted by molar-refractivity contribution is -0.197. The van der Waals surface area contributed by atoms with Gasteiger partial charge in [0.2, 0.25) is 11.8 Å². The summed E-state index contributed by atoms with van der Waals surface area (Å²) in [5.74, 6) is 1.63. The number of amides is 2. The van der Waals surface area contributed by atoms with E-state index in [9.17, 15) is 9.59 Å². The minimum Gasteiger partial charge on any atom is -0.375 e. The second-order valence-electron chi connectivity index (χ2n) is 24.3. The number of carbonyl (C=O) groups excluding carboxylic acids is 2. The number of carbonyl (C=O) groups is 2. The average molecular weight is 1170 g/mol. The van der Waals surface area contributed by atoms with Crippen LogP contribution in [0.25, 0.3) is 0 Å². The smallest absolute Gasteiger partial charge is 0.225 e. The van der Waals surface area contributed by atoms with Crippen LogP contribution in [0.3, 0.4) is 0 Å². The van der Waals surface area contributed by atoms with Gasteiger partial charge in [-0.25, -0.2) is 9.97 Å². The quantitative estimate of drug-likeness (QED) is 0.0367. The molecule has 0 fully saturated rings. The molecule has 0 saturated heterocycles. The lowest BCUT2D eigenvalue weighted by atomic mass is 9.89. The second kappa shape index (κ2) is 33.2. The second-order valence-corrected chi connectivity index (χ2v) is 29.7. The van der Waals surface area contributed by atoms with Crippen molar-refractivity contribution >= 4 is 73.8 Å². The molecule has 0 aromatic carbocycles. The highest BCUT2D eigenvalue weighted by Crippen LogP contribution is 2.36. The van der Waals surface area contributed by atoms with E-state index >= 15 is 0 Å². The van der Waals surface area contributed by atoms with Gasteiger partial charge in [-0.05, 0) is 214 Å². The van der Waals surface area contributed by atoms with Crippen molar-refractivity contribution in [3.05, 3.63) is 48.8 Å². The molecule has 0 radical (unpaired) electrons. The number of aromatic nitrogens is 2. The van der Waals surface area contributed by atoms with E-state index in [1.165, 1.54) is 0 Å². The van der Waals surface area contributed by atoms with E-state index in [-0.39, 0.29) is 62.3 Å². The Morgan fingerprint density at radius 3 is 0.973 bits per heavy atom. The van der Waals surface area contributed by atoms with Crippen molar-refractivity contribution in [3.63, 3.8) is 0 Å². The molecule has 20 heteroatoms. The first-order valence-electron chi connectivity index (χ1n) is 26.2. The molecule has 2 amide bonds. The average Bonchev–Trinajstić information content (AvgIpc) is 3.31. The summed E-state index contributed by atoms with van der Waals surface area (Å²) in [6.07, 6.45) is 8.32. The molecule has 2 aromatic rings. The van der Waals surface area contributed by atoms with Crippen molar-refractivity contribution in [1.82, 2.24) is 20.1 Å². The number of ether oxygens (including phenoxy) is 8. The molecular weight excluding hydrogens is 1070 g/mol. The number of nitrogens with one attached hydrogen (secondary N) is 2.